The SMILES string of the molecule is CCC1CCC(NCC2CCC(C)(C)O2)C1C. The predicted octanol–water partition coefficient (Wildman–Crippen LogP) is 3.36. The number of nitrogens with one attached hydrogen (secondary N) is 1. The smallest absolute Gasteiger partial charge is 0.0707 e. The third kappa shape index (κ3) is 3.23. The summed E-state index contributed by atoms with van der Waals surface area (Å²) in [5.74, 6) is 1.78. The second kappa shape index (κ2) is 5.27. The second-order valence-corrected chi connectivity index (χ2v) is 6.66. The van der Waals surface area contributed by atoms with E-state index >= 15 is 0 Å². The van der Waals surface area contributed by atoms with Crippen molar-refractivity contribution in [2.24, 2.45) is 11.8 Å². The van der Waals surface area contributed by atoms with Crippen LogP contribution in [0.1, 0.15) is 59.8 Å². The summed E-state index contributed by atoms with van der Waals surface area (Å²) >= 11 is 0. The van der Waals surface area contributed by atoms with E-state index in [1.807, 2.05) is 0 Å². The van der Waals surface area contributed by atoms with E-state index in [9.17, 15) is 0 Å². The number of hydrogen-bond donors (Lipinski definition) is 1. The van der Waals surface area contributed by atoms with Gasteiger partial charge in [0.2, 0.25) is 0 Å². The van der Waals surface area contributed by atoms with Crippen molar-refractivity contribution >= 4 is 0 Å². The van der Waals surface area contributed by atoms with Crippen molar-refractivity contribution in [1.29, 1.82) is 0 Å². The summed E-state index contributed by atoms with van der Waals surface area (Å²) in [5, 5.41) is 3.75. The first-order chi connectivity index (χ1) is 8.02. The standard InChI is InChI=1S/C15H29NO/c1-5-12-6-7-14(11(12)2)16-10-13-8-9-15(3,4)17-13/h11-14,16H,5-10H2,1-4H3. The van der Waals surface area contributed by atoms with Gasteiger partial charge in [-0.1, -0.05) is 20.3 Å². The molecular formula is C15H29NO. The summed E-state index contributed by atoms with van der Waals surface area (Å²) in [6.45, 7) is 10.2. The second-order valence-electron chi connectivity index (χ2n) is 6.66. The van der Waals surface area contributed by atoms with Gasteiger partial charge in [0, 0.05) is 12.6 Å². The van der Waals surface area contributed by atoms with Gasteiger partial charge in [-0.3, -0.25) is 0 Å². The summed E-state index contributed by atoms with van der Waals surface area (Å²) in [4.78, 5) is 0. The molecule has 2 heteroatoms. The maximum Gasteiger partial charge on any atom is 0.0707 e. The molecule has 1 saturated carbocycles. The largest absolute Gasteiger partial charge is 0.371 e. The zero-order chi connectivity index (χ0) is 12.5. The quantitative estimate of drug-likeness (QED) is 0.812. The van der Waals surface area contributed by atoms with Crippen LogP contribution in [-0.4, -0.2) is 24.3 Å². The van der Waals surface area contributed by atoms with Gasteiger partial charge in [-0.2, -0.15) is 0 Å². The maximum absolute atomic E-state index is 6.03. The van der Waals surface area contributed by atoms with Crippen molar-refractivity contribution in [2.75, 3.05) is 6.54 Å². The number of rotatable bonds is 4. The van der Waals surface area contributed by atoms with Crippen LogP contribution in [0, 0.1) is 11.8 Å². The Kier molecular flexibility index (Phi) is 4.14. The van der Waals surface area contributed by atoms with Gasteiger partial charge in [0.05, 0.1) is 11.7 Å². The molecular weight excluding hydrogens is 210 g/mol. The summed E-state index contributed by atoms with van der Waals surface area (Å²) in [5.41, 5.74) is 0.111. The molecule has 2 fully saturated rings. The van der Waals surface area contributed by atoms with E-state index in [1.54, 1.807) is 0 Å². The minimum atomic E-state index is 0.111. The molecule has 4 atom stereocenters. The van der Waals surface area contributed by atoms with E-state index in [0.717, 1.165) is 24.4 Å². The van der Waals surface area contributed by atoms with Crippen LogP contribution in [0.3, 0.4) is 0 Å². The van der Waals surface area contributed by atoms with Crippen molar-refractivity contribution in [3.63, 3.8) is 0 Å². The molecule has 0 bridgehead atoms. The van der Waals surface area contributed by atoms with Crippen molar-refractivity contribution in [3.8, 4) is 0 Å². The lowest BCUT2D eigenvalue weighted by Gasteiger charge is -2.24. The minimum absolute atomic E-state index is 0.111. The average molecular weight is 239 g/mol. The highest BCUT2D eigenvalue weighted by atomic mass is 16.5. The third-order valence-electron chi connectivity index (χ3n) is 4.91. The normalized spacial score (nSPS) is 40.9. The zero-order valence-corrected chi connectivity index (χ0v) is 12.0. The molecule has 2 aliphatic rings. The molecule has 17 heavy (non-hydrogen) atoms. The molecule has 4 unspecified atom stereocenters. The van der Waals surface area contributed by atoms with Crippen LogP contribution >= 0.6 is 0 Å². The molecule has 1 heterocycles. The summed E-state index contributed by atoms with van der Waals surface area (Å²) in [7, 11) is 0. The molecule has 0 radical (unpaired) electrons. The highest BCUT2D eigenvalue weighted by Gasteiger charge is 2.34. The van der Waals surface area contributed by atoms with Crippen LogP contribution < -0.4 is 5.32 Å². The Morgan fingerprint density at radius 2 is 2.00 bits per heavy atom. The molecule has 1 N–H and O–H groups in total. The van der Waals surface area contributed by atoms with Gasteiger partial charge in [0.15, 0.2) is 0 Å². The third-order valence-corrected chi connectivity index (χ3v) is 4.91. The fourth-order valence-corrected chi connectivity index (χ4v) is 3.62. The van der Waals surface area contributed by atoms with Crippen LogP contribution in [0.5, 0.6) is 0 Å². The molecule has 1 aliphatic heterocycles. The Hall–Kier alpha value is -0.0800. The fourth-order valence-electron chi connectivity index (χ4n) is 3.62. The average Bonchev–Trinajstić information content (AvgIpc) is 2.79. The fraction of sp³-hybridized carbons (Fsp3) is 1.00. The van der Waals surface area contributed by atoms with Gasteiger partial charge < -0.3 is 10.1 Å². The van der Waals surface area contributed by atoms with E-state index in [2.05, 4.69) is 33.0 Å². The molecule has 2 nitrogen and oxygen atoms in total. The lowest BCUT2D eigenvalue weighted by Crippen LogP contribution is -2.38. The molecule has 0 aromatic rings. The Morgan fingerprint density at radius 1 is 1.24 bits per heavy atom. The molecule has 0 amide bonds. The van der Waals surface area contributed by atoms with E-state index < -0.39 is 0 Å². The van der Waals surface area contributed by atoms with E-state index in [1.165, 1.54) is 32.1 Å². The van der Waals surface area contributed by atoms with Gasteiger partial charge >= 0.3 is 0 Å². The first-order valence-corrected chi connectivity index (χ1v) is 7.43. The van der Waals surface area contributed by atoms with E-state index in [4.69, 9.17) is 4.74 Å². The van der Waals surface area contributed by atoms with Gasteiger partial charge in [0.25, 0.3) is 0 Å². The zero-order valence-electron chi connectivity index (χ0n) is 12.0. The van der Waals surface area contributed by atoms with Crippen molar-refractivity contribution in [3.05, 3.63) is 0 Å². The molecule has 0 spiro atoms. The van der Waals surface area contributed by atoms with Crippen LogP contribution in [0.15, 0.2) is 0 Å². The Morgan fingerprint density at radius 3 is 2.53 bits per heavy atom. The van der Waals surface area contributed by atoms with Crippen LogP contribution in [-0.2, 0) is 4.74 Å². The highest BCUT2D eigenvalue weighted by Crippen LogP contribution is 2.34. The molecule has 0 aromatic carbocycles. The van der Waals surface area contributed by atoms with E-state index in [-0.39, 0.29) is 5.60 Å². The Bertz CT molecular complexity index is 251. The van der Waals surface area contributed by atoms with Crippen molar-refractivity contribution in [2.45, 2.75) is 77.5 Å². The first kappa shape index (κ1) is 13.4. The molecule has 1 aliphatic carbocycles. The summed E-state index contributed by atoms with van der Waals surface area (Å²) in [6, 6.07) is 0.729. The Labute approximate surface area is 107 Å². The highest BCUT2D eigenvalue weighted by molar-refractivity contribution is 4.88. The lowest BCUT2D eigenvalue weighted by molar-refractivity contribution is -0.0155. The predicted molar refractivity (Wildman–Crippen MR) is 72.2 cm³/mol. The van der Waals surface area contributed by atoms with Gasteiger partial charge in [-0.05, 0) is 51.4 Å². The van der Waals surface area contributed by atoms with E-state index in [0.29, 0.717) is 6.10 Å². The summed E-state index contributed by atoms with van der Waals surface area (Å²) < 4.78 is 6.03. The lowest BCUT2D eigenvalue weighted by atomic mass is 9.93. The monoisotopic (exact) mass is 239 g/mol. The van der Waals surface area contributed by atoms with Crippen molar-refractivity contribution in [1.82, 2.24) is 5.32 Å². The number of ether oxygens (including phenoxy) is 1. The van der Waals surface area contributed by atoms with Crippen LogP contribution in [0.4, 0.5) is 0 Å². The molecule has 0 aromatic heterocycles. The Balaban J connectivity index is 1.73. The molecule has 2 rings (SSSR count). The van der Waals surface area contributed by atoms with Gasteiger partial charge in [-0.15, -0.1) is 0 Å². The topological polar surface area (TPSA) is 21.3 Å². The summed E-state index contributed by atoms with van der Waals surface area (Å²) in [6.07, 6.45) is 6.97. The maximum atomic E-state index is 6.03. The van der Waals surface area contributed by atoms with Gasteiger partial charge in [-0.25, -0.2) is 0 Å². The van der Waals surface area contributed by atoms with Crippen LogP contribution in [0.25, 0.3) is 0 Å². The van der Waals surface area contributed by atoms with Crippen molar-refractivity contribution < 1.29 is 4.74 Å². The van der Waals surface area contributed by atoms with Crippen LogP contribution in [0.2, 0.25) is 0 Å². The molecule has 1 saturated heterocycles. The first-order valence-electron chi connectivity index (χ1n) is 7.43. The minimum Gasteiger partial charge on any atom is -0.371 e. The number of hydrogen-bond acceptors (Lipinski definition) is 2. The van der Waals surface area contributed by atoms with Gasteiger partial charge in [0.1, 0.15) is 0 Å². The molecule has 100 valence electrons.